The molecule has 0 aromatic heterocycles. The number of esters is 2. The topological polar surface area (TPSA) is 52.6 Å². The molecule has 2 aromatic carbocycles. The van der Waals surface area contributed by atoms with E-state index in [1.807, 2.05) is 36.4 Å². The standard InChI is InChI=1S/C27H24O4/c1-30-26(28)25(27(29)31-2)19-24-17-15-23(16-18-24)14-13-22-11-9-21(10-12-22)8-7-20-5-3-4-6-20/h3-20H,1-2H3/b8-7+,14-13+. The van der Waals surface area contributed by atoms with E-state index in [2.05, 4.69) is 70.2 Å². The van der Waals surface area contributed by atoms with Crippen LogP contribution in [0.15, 0.2) is 84.5 Å². The molecule has 0 atom stereocenters. The number of rotatable bonds is 7. The molecule has 0 bridgehead atoms. The minimum Gasteiger partial charge on any atom is -0.465 e. The van der Waals surface area contributed by atoms with Gasteiger partial charge in [-0.15, -0.1) is 0 Å². The SMILES string of the molecule is COC(=O)C(=Cc1ccc(/C=C/c2ccc(/C=C/C3C=CC=C3)cc2)cc1)C(=O)OC. The van der Waals surface area contributed by atoms with Crippen molar-refractivity contribution in [3.63, 3.8) is 0 Å². The summed E-state index contributed by atoms with van der Waals surface area (Å²) in [4.78, 5) is 23.5. The van der Waals surface area contributed by atoms with Crippen LogP contribution in [0.3, 0.4) is 0 Å². The summed E-state index contributed by atoms with van der Waals surface area (Å²) in [7, 11) is 2.44. The second-order valence-corrected chi connectivity index (χ2v) is 6.91. The number of hydrogen-bond donors (Lipinski definition) is 0. The Morgan fingerprint density at radius 3 is 1.55 bits per heavy atom. The van der Waals surface area contributed by atoms with Crippen molar-refractivity contribution in [3.8, 4) is 0 Å². The summed E-state index contributed by atoms with van der Waals surface area (Å²) in [5.41, 5.74) is 3.81. The molecule has 0 saturated heterocycles. The molecule has 4 heteroatoms. The van der Waals surface area contributed by atoms with E-state index in [1.165, 1.54) is 20.3 Å². The van der Waals surface area contributed by atoms with Gasteiger partial charge in [0.15, 0.2) is 0 Å². The quantitative estimate of drug-likeness (QED) is 0.202. The second kappa shape index (κ2) is 10.7. The van der Waals surface area contributed by atoms with E-state index < -0.39 is 11.9 Å². The van der Waals surface area contributed by atoms with Crippen molar-refractivity contribution < 1.29 is 19.1 Å². The highest BCUT2D eigenvalue weighted by atomic mass is 16.5. The molecule has 0 heterocycles. The Balaban J connectivity index is 1.65. The monoisotopic (exact) mass is 412 g/mol. The number of carbonyl (C=O) groups is 2. The zero-order valence-corrected chi connectivity index (χ0v) is 17.5. The maximum atomic E-state index is 11.8. The van der Waals surface area contributed by atoms with E-state index in [0.717, 1.165) is 16.7 Å². The molecule has 0 N–H and O–H groups in total. The lowest BCUT2D eigenvalue weighted by Gasteiger charge is -2.04. The maximum absolute atomic E-state index is 11.8. The van der Waals surface area contributed by atoms with Crippen LogP contribution in [0.1, 0.15) is 22.3 Å². The fourth-order valence-electron chi connectivity index (χ4n) is 3.00. The second-order valence-electron chi connectivity index (χ2n) is 6.91. The zero-order valence-electron chi connectivity index (χ0n) is 17.5. The molecule has 0 aliphatic heterocycles. The predicted molar refractivity (Wildman–Crippen MR) is 125 cm³/mol. The summed E-state index contributed by atoms with van der Waals surface area (Å²) >= 11 is 0. The minimum atomic E-state index is -0.731. The first-order valence-electron chi connectivity index (χ1n) is 9.89. The Morgan fingerprint density at radius 1 is 0.677 bits per heavy atom. The summed E-state index contributed by atoms with van der Waals surface area (Å²) in [6.07, 6.45) is 18.2. The Kier molecular flexibility index (Phi) is 7.55. The molecule has 4 nitrogen and oxygen atoms in total. The van der Waals surface area contributed by atoms with Gasteiger partial charge in [-0.25, -0.2) is 9.59 Å². The van der Waals surface area contributed by atoms with Gasteiger partial charge < -0.3 is 9.47 Å². The van der Waals surface area contributed by atoms with Gasteiger partial charge >= 0.3 is 11.9 Å². The van der Waals surface area contributed by atoms with Crippen LogP contribution in [0.4, 0.5) is 0 Å². The first kappa shape index (κ1) is 21.8. The minimum absolute atomic E-state index is 0.151. The highest BCUT2D eigenvalue weighted by molar-refractivity contribution is 6.17. The highest BCUT2D eigenvalue weighted by Gasteiger charge is 2.19. The van der Waals surface area contributed by atoms with Gasteiger partial charge in [-0.2, -0.15) is 0 Å². The number of carbonyl (C=O) groups excluding carboxylic acids is 2. The summed E-state index contributed by atoms with van der Waals surface area (Å²) < 4.78 is 9.28. The average molecular weight is 412 g/mol. The molecule has 0 spiro atoms. The lowest BCUT2D eigenvalue weighted by atomic mass is 10.1. The van der Waals surface area contributed by atoms with Crippen LogP contribution in [0.25, 0.3) is 24.3 Å². The van der Waals surface area contributed by atoms with E-state index in [0.29, 0.717) is 11.5 Å². The van der Waals surface area contributed by atoms with Crippen LogP contribution >= 0.6 is 0 Å². The molecule has 0 saturated carbocycles. The molecule has 0 fully saturated rings. The van der Waals surface area contributed by atoms with Crippen LogP contribution in [0.5, 0.6) is 0 Å². The van der Waals surface area contributed by atoms with Gasteiger partial charge in [0.05, 0.1) is 14.2 Å². The molecule has 0 amide bonds. The smallest absolute Gasteiger partial charge is 0.345 e. The van der Waals surface area contributed by atoms with Gasteiger partial charge in [-0.1, -0.05) is 97.1 Å². The maximum Gasteiger partial charge on any atom is 0.345 e. The predicted octanol–water partition coefficient (Wildman–Crippen LogP) is 5.34. The van der Waals surface area contributed by atoms with E-state index in [1.54, 1.807) is 0 Å². The van der Waals surface area contributed by atoms with Crippen LogP contribution in [0, 0.1) is 5.92 Å². The van der Waals surface area contributed by atoms with Gasteiger partial charge in [0, 0.05) is 5.92 Å². The van der Waals surface area contributed by atoms with Crippen LogP contribution in [-0.4, -0.2) is 26.2 Å². The van der Waals surface area contributed by atoms with Crippen molar-refractivity contribution in [1.82, 2.24) is 0 Å². The van der Waals surface area contributed by atoms with E-state index in [-0.39, 0.29) is 5.57 Å². The lowest BCUT2D eigenvalue weighted by molar-refractivity contribution is -0.143. The Hall–Kier alpha value is -3.92. The normalized spacial score (nSPS) is 13.1. The number of methoxy groups -OCH3 is 2. The molecule has 31 heavy (non-hydrogen) atoms. The van der Waals surface area contributed by atoms with Gasteiger partial charge in [-0.3, -0.25) is 0 Å². The van der Waals surface area contributed by atoms with E-state index in [9.17, 15) is 9.59 Å². The highest BCUT2D eigenvalue weighted by Crippen LogP contribution is 2.16. The molecule has 0 unspecified atom stereocenters. The van der Waals surface area contributed by atoms with Crippen LogP contribution < -0.4 is 0 Å². The van der Waals surface area contributed by atoms with Crippen molar-refractivity contribution in [2.75, 3.05) is 14.2 Å². The van der Waals surface area contributed by atoms with Gasteiger partial charge in [0.25, 0.3) is 0 Å². The van der Waals surface area contributed by atoms with Crippen LogP contribution in [0.2, 0.25) is 0 Å². The average Bonchev–Trinajstić information content (AvgIpc) is 3.34. The van der Waals surface area contributed by atoms with E-state index >= 15 is 0 Å². The van der Waals surface area contributed by atoms with Gasteiger partial charge in [0.2, 0.25) is 0 Å². The molecule has 0 radical (unpaired) electrons. The molecule has 156 valence electrons. The van der Waals surface area contributed by atoms with Crippen LogP contribution in [-0.2, 0) is 19.1 Å². The Labute approximate surface area is 182 Å². The number of ether oxygens (including phenoxy) is 2. The lowest BCUT2D eigenvalue weighted by Crippen LogP contribution is -2.15. The first-order valence-corrected chi connectivity index (χ1v) is 9.89. The first-order chi connectivity index (χ1) is 15.1. The molecular formula is C27H24O4. The van der Waals surface area contributed by atoms with Crippen molar-refractivity contribution >= 4 is 36.2 Å². The summed E-state index contributed by atoms with van der Waals surface area (Å²) in [5, 5.41) is 0. The fourth-order valence-corrected chi connectivity index (χ4v) is 3.00. The Morgan fingerprint density at radius 2 is 1.10 bits per heavy atom. The molecule has 1 aliphatic rings. The summed E-state index contributed by atoms with van der Waals surface area (Å²) in [6, 6.07) is 15.8. The third kappa shape index (κ3) is 6.28. The molecular weight excluding hydrogens is 388 g/mol. The fraction of sp³-hybridized carbons (Fsp3) is 0.111. The van der Waals surface area contributed by atoms with E-state index in [4.69, 9.17) is 0 Å². The molecule has 1 aliphatic carbocycles. The third-order valence-electron chi connectivity index (χ3n) is 4.75. The molecule has 3 rings (SSSR count). The van der Waals surface area contributed by atoms with Crippen molar-refractivity contribution in [3.05, 3.63) is 107 Å². The third-order valence-corrected chi connectivity index (χ3v) is 4.75. The summed E-state index contributed by atoms with van der Waals surface area (Å²) in [5.74, 6) is -1.08. The van der Waals surface area contributed by atoms with Crippen molar-refractivity contribution in [1.29, 1.82) is 0 Å². The van der Waals surface area contributed by atoms with Crippen molar-refractivity contribution in [2.45, 2.75) is 0 Å². The van der Waals surface area contributed by atoms with Gasteiger partial charge in [0.1, 0.15) is 5.57 Å². The van der Waals surface area contributed by atoms with Gasteiger partial charge in [-0.05, 0) is 28.3 Å². The largest absolute Gasteiger partial charge is 0.465 e. The Bertz CT molecular complexity index is 1040. The number of benzene rings is 2. The number of allylic oxidation sites excluding steroid dienone is 5. The van der Waals surface area contributed by atoms with Crippen molar-refractivity contribution in [2.24, 2.45) is 5.92 Å². The number of hydrogen-bond acceptors (Lipinski definition) is 4. The zero-order chi connectivity index (χ0) is 22.1. The summed E-state index contributed by atoms with van der Waals surface area (Å²) in [6.45, 7) is 0. The molecule has 2 aromatic rings.